The van der Waals surface area contributed by atoms with Gasteiger partial charge in [-0.15, -0.1) is 11.8 Å². The second-order valence-electron chi connectivity index (χ2n) is 4.31. The second kappa shape index (κ2) is 6.10. The van der Waals surface area contributed by atoms with Crippen molar-refractivity contribution in [3.8, 4) is 0 Å². The SMILES string of the molecule is CC(C)(SCc1cnc(Cl)cc1Cl)[C@H](N)C(=O)O. The lowest BCUT2D eigenvalue weighted by Gasteiger charge is -2.28. The number of thioether (sulfide) groups is 1. The number of halogens is 2. The summed E-state index contributed by atoms with van der Waals surface area (Å²) >= 11 is 13.1. The van der Waals surface area contributed by atoms with Gasteiger partial charge in [0.15, 0.2) is 0 Å². The Balaban J connectivity index is 2.72. The van der Waals surface area contributed by atoms with Crippen LogP contribution >= 0.6 is 35.0 Å². The Morgan fingerprint density at radius 3 is 2.72 bits per heavy atom. The minimum absolute atomic E-state index is 0.329. The second-order valence-corrected chi connectivity index (χ2v) is 6.73. The van der Waals surface area contributed by atoms with Gasteiger partial charge in [-0.1, -0.05) is 23.2 Å². The number of rotatable bonds is 5. The maximum Gasteiger partial charge on any atom is 0.321 e. The zero-order chi connectivity index (χ0) is 13.9. The van der Waals surface area contributed by atoms with Crippen LogP contribution in [-0.4, -0.2) is 26.8 Å². The van der Waals surface area contributed by atoms with Gasteiger partial charge in [-0.25, -0.2) is 4.98 Å². The highest BCUT2D eigenvalue weighted by Gasteiger charge is 2.32. The first-order valence-electron chi connectivity index (χ1n) is 5.16. The average Bonchev–Trinajstić information content (AvgIpc) is 2.26. The normalized spacial score (nSPS) is 13.4. The number of pyridine rings is 1. The van der Waals surface area contributed by atoms with Crippen LogP contribution in [0.1, 0.15) is 19.4 Å². The number of hydrogen-bond donors (Lipinski definition) is 2. The van der Waals surface area contributed by atoms with Crippen molar-refractivity contribution in [1.29, 1.82) is 0 Å². The minimum atomic E-state index is -1.02. The third-order valence-electron chi connectivity index (χ3n) is 2.51. The van der Waals surface area contributed by atoms with E-state index in [-0.39, 0.29) is 0 Å². The molecule has 1 aromatic heterocycles. The van der Waals surface area contributed by atoms with Crippen LogP contribution in [0.5, 0.6) is 0 Å². The van der Waals surface area contributed by atoms with Gasteiger partial charge in [0, 0.05) is 21.7 Å². The molecule has 1 atom stereocenters. The fraction of sp³-hybridized carbons (Fsp3) is 0.455. The molecule has 0 spiro atoms. The van der Waals surface area contributed by atoms with Crippen LogP contribution in [0.3, 0.4) is 0 Å². The van der Waals surface area contributed by atoms with Crippen LogP contribution in [0.4, 0.5) is 0 Å². The van der Waals surface area contributed by atoms with E-state index in [2.05, 4.69) is 4.98 Å². The van der Waals surface area contributed by atoms with Crippen molar-refractivity contribution >= 4 is 40.9 Å². The molecule has 0 saturated heterocycles. The monoisotopic (exact) mass is 308 g/mol. The largest absolute Gasteiger partial charge is 0.480 e. The molecular weight excluding hydrogens is 295 g/mol. The summed E-state index contributed by atoms with van der Waals surface area (Å²) in [7, 11) is 0. The molecule has 4 nitrogen and oxygen atoms in total. The van der Waals surface area contributed by atoms with E-state index in [1.807, 2.05) is 0 Å². The molecule has 0 aliphatic carbocycles. The van der Waals surface area contributed by atoms with Crippen molar-refractivity contribution in [3.05, 3.63) is 28.0 Å². The van der Waals surface area contributed by atoms with Gasteiger partial charge in [0.05, 0.1) is 0 Å². The van der Waals surface area contributed by atoms with Crippen molar-refractivity contribution in [2.45, 2.75) is 30.4 Å². The van der Waals surface area contributed by atoms with Gasteiger partial charge in [-0.2, -0.15) is 0 Å². The Kier molecular flexibility index (Phi) is 5.28. The summed E-state index contributed by atoms with van der Waals surface area (Å²) in [4.78, 5) is 14.8. The lowest BCUT2D eigenvalue weighted by Crippen LogP contribution is -2.46. The lowest BCUT2D eigenvalue weighted by atomic mass is 10.1. The van der Waals surface area contributed by atoms with Crippen molar-refractivity contribution in [2.75, 3.05) is 0 Å². The van der Waals surface area contributed by atoms with Crippen LogP contribution in [-0.2, 0) is 10.5 Å². The van der Waals surface area contributed by atoms with E-state index in [1.165, 1.54) is 11.8 Å². The fourth-order valence-electron chi connectivity index (χ4n) is 1.19. The van der Waals surface area contributed by atoms with Gasteiger partial charge in [-0.05, 0) is 25.5 Å². The molecule has 7 heteroatoms. The minimum Gasteiger partial charge on any atom is -0.480 e. The van der Waals surface area contributed by atoms with Crippen molar-refractivity contribution in [2.24, 2.45) is 5.73 Å². The first-order chi connectivity index (χ1) is 8.24. The Hall–Kier alpha value is -0.490. The van der Waals surface area contributed by atoms with Crippen LogP contribution in [0.25, 0.3) is 0 Å². The molecule has 0 aromatic carbocycles. The van der Waals surface area contributed by atoms with E-state index in [9.17, 15) is 4.79 Å². The molecule has 1 rings (SSSR count). The van der Waals surface area contributed by atoms with E-state index in [4.69, 9.17) is 34.0 Å². The highest BCUT2D eigenvalue weighted by Crippen LogP contribution is 2.32. The number of carboxylic acid groups (broad SMARTS) is 1. The summed E-state index contributed by atoms with van der Waals surface area (Å²) in [6.07, 6.45) is 1.58. The zero-order valence-corrected chi connectivity index (χ0v) is 12.3. The molecule has 3 N–H and O–H groups in total. The predicted molar refractivity (Wildman–Crippen MR) is 75.2 cm³/mol. The van der Waals surface area contributed by atoms with Gasteiger partial charge in [-0.3, -0.25) is 4.79 Å². The molecule has 0 fully saturated rings. The average molecular weight is 309 g/mol. The van der Waals surface area contributed by atoms with Crippen LogP contribution in [0, 0.1) is 0 Å². The highest BCUT2D eigenvalue weighted by molar-refractivity contribution is 7.99. The maximum absolute atomic E-state index is 10.9. The van der Waals surface area contributed by atoms with E-state index in [0.29, 0.717) is 15.9 Å². The van der Waals surface area contributed by atoms with Crippen LogP contribution < -0.4 is 5.73 Å². The standard InChI is InChI=1S/C11H14Cl2N2O2S/c1-11(2,9(14)10(16)17)18-5-6-4-15-8(13)3-7(6)12/h3-4,9H,5,14H2,1-2H3,(H,16,17)/t9-/m1/s1. The molecule has 1 aromatic rings. The van der Waals surface area contributed by atoms with Gasteiger partial charge >= 0.3 is 5.97 Å². The van der Waals surface area contributed by atoms with E-state index >= 15 is 0 Å². The molecule has 0 radical (unpaired) electrons. The Labute approximate surface area is 120 Å². The molecule has 0 saturated carbocycles. The summed E-state index contributed by atoms with van der Waals surface area (Å²) in [6, 6.07) is 0.616. The molecule has 0 unspecified atom stereocenters. The zero-order valence-electron chi connectivity index (χ0n) is 9.98. The molecule has 0 aliphatic rings. The van der Waals surface area contributed by atoms with Gasteiger partial charge in [0.1, 0.15) is 11.2 Å². The predicted octanol–water partition coefficient (Wildman–Crippen LogP) is 2.81. The number of aliphatic carboxylic acids is 1. The number of nitrogens with two attached hydrogens (primary N) is 1. The third kappa shape index (κ3) is 4.02. The summed E-state index contributed by atoms with van der Waals surface area (Å²) < 4.78 is -0.602. The number of aromatic nitrogens is 1. The van der Waals surface area contributed by atoms with Crippen LogP contribution in [0.15, 0.2) is 12.3 Å². The first-order valence-corrected chi connectivity index (χ1v) is 6.90. The Morgan fingerprint density at radius 1 is 1.61 bits per heavy atom. The van der Waals surface area contributed by atoms with Crippen LogP contribution in [0.2, 0.25) is 10.2 Å². The Bertz CT molecular complexity index is 455. The highest BCUT2D eigenvalue weighted by atomic mass is 35.5. The molecule has 0 bridgehead atoms. The summed E-state index contributed by atoms with van der Waals surface area (Å²) in [5, 5.41) is 9.76. The Morgan fingerprint density at radius 2 is 2.22 bits per heavy atom. The summed E-state index contributed by atoms with van der Waals surface area (Å²) in [5.41, 5.74) is 6.43. The van der Waals surface area contributed by atoms with Gasteiger partial charge < -0.3 is 10.8 Å². The quantitative estimate of drug-likeness (QED) is 0.818. The van der Waals surface area contributed by atoms with E-state index in [1.54, 1.807) is 26.1 Å². The van der Waals surface area contributed by atoms with Crippen molar-refractivity contribution in [3.63, 3.8) is 0 Å². The summed E-state index contributed by atoms with van der Waals surface area (Å²) in [5.74, 6) is -0.496. The molecule has 0 amide bonds. The third-order valence-corrected chi connectivity index (χ3v) is 4.52. The molecule has 100 valence electrons. The molecule has 1 heterocycles. The van der Waals surface area contributed by atoms with E-state index in [0.717, 1.165) is 5.56 Å². The number of nitrogens with zero attached hydrogens (tertiary/aromatic N) is 1. The number of carboxylic acids is 1. The molecule has 0 aliphatic heterocycles. The molecule has 18 heavy (non-hydrogen) atoms. The lowest BCUT2D eigenvalue weighted by molar-refractivity contribution is -0.139. The maximum atomic E-state index is 10.9. The van der Waals surface area contributed by atoms with Crippen molar-refractivity contribution in [1.82, 2.24) is 4.98 Å². The smallest absolute Gasteiger partial charge is 0.321 e. The van der Waals surface area contributed by atoms with Gasteiger partial charge in [0.2, 0.25) is 0 Å². The first kappa shape index (κ1) is 15.6. The number of hydrogen-bond acceptors (Lipinski definition) is 4. The van der Waals surface area contributed by atoms with E-state index < -0.39 is 16.8 Å². The van der Waals surface area contributed by atoms with Gasteiger partial charge in [0.25, 0.3) is 0 Å². The summed E-state index contributed by atoms with van der Waals surface area (Å²) in [6.45, 7) is 3.57. The van der Waals surface area contributed by atoms with Crippen molar-refractivity contribution < 1.29 is 9.90 Å². The topological polar surface area (TPSA) is 76.2 Å². The number of carbonyl (C=O) groups is 1. The molecular formula is C11H14Cl2N2O2S. The fourth-order valence-corrected chi connectivity index (χ4v) is 2.74.